The molecule has 0 fully saturated rings. The molecule has 0 aliphatic rings. The molecule has 0 aliphatic heterocycles. The summed E-state index contributed by atoms with van der Waals surface area (Å²) in [6.45, 7) is 3.07. The minimum absolute atomic E-state index is 0.191. The highest BCUT2D eigenvalue weighted by Gasteiger charge is 2.50. The number of aliphatic carboxylic acids is 2. The topological polar surface area (TPSA) is 93.1 Å². The zero-order chi connectivity index (χ0) is 26.5. The number of carboxylic acid groups (broad SMARTS) is 2. The Morgan fingerprint density at radius 1 is 0.765 bits per heavy atom. The number of halogens is 6. The van der Waals surface area contributed by atoms with Crippen molar-refractivity contribution in [3.63, 3.8) is 0 Å². The van der Waals surface area contributed by atoms with Gasteiger partial charge in [0.15, 0.2) is 0 Å². The highest BCUT2D eigenvalue weighted by molar-refractivity contribution is 5.78. The first kappa shape index (κ1) is 29.7. The van der Waals surface area contributed by atoms with Crippen molar-refractivity contribution >= 4 is 11.9 Å². The maximum atomic E-state index is 12.7. The van der Waals surface area contributed by atoms with Crippen LogP contribution in [0.5, 0.6) is 0 Å². The largest absolute Gasteiger partial charge is 0.522 e. The second-order valence-corrected chi connectivity index (χ2v) is 8.17. The Balaban J connectivity index is 3.61. The lowest BCUT2D eigenvalue weighted by Gasteiger charge is -2.39. The van der Waals surface area contributed by atoms with Gasteiger partial charge in [-0.25, -0.2) is 0 Å². The van der Waals surface area contributed by atoms with E-state index >= 15 is 0 Å². The number of alkyl halides is 6. The maximum absolute atomic E-state index is 12.7. The maximum Gasteiger partial charge on any atom is 0.522 e. The third-order valence-electron chi connectivity index (χ3n) is 6.69. The summed E-state index contributed by atoms with van der Waals surface area (Å²) in [5, 5.41) is 19.7. The van der Waals surface area contributed by atoms with Crippen LogP contribution < -0.4 is 0 Å². The van der Waals surface area contributed by atoms with Crippen molar-refractivity contribution in [1.82, 2.24) is 0 Å². The molecule has 0 spiro atoms. The van der Waals surface area contributed by atoms with Gasteiger partial charge in [-0.2, -0.15) is 0 Å². The first-order valence-electron chi connectivity index (χ1n) is 10.4. The molecular weight excluding hydrogens is 474 g/mol. The van der Waals surface area contributed by atoms with E-state index < -0.39 is 60.5 Å². The van der Waals surface area contributed by atoms with Gasteiger partial charge < -0.3 is 10.2 Å². The van der Waals surface area contributed by atoms with Gasteiger partial charge in [-0.05, 0) is 35.8 Å². The van der Waals surface area contributed by atoms with Crippen molar-refractivity contribution in [1.29, 1.82) is 0 Å². The number of rotatable bonds is 12. The second-order valence-electron chi connectivity index (χ2n) is 8.17. The lowest BCUT2D eigenvalue weighted by atomic mass is 9.65. The van der Waals surface area contributed by atoms with Gasteiger partial charge in [0, 0.05) is 0 Å². The van der Waals surface area contributed by atoms with E-state index in [4.69, 9.17) is 0 Å². The van der Waals surface area contributed by atoms with Gasteiger partial charge >= 0.3 is 24.7 Å². The van der Waals surface area contributed by atoms with Gasteiger partial charge in [0.2, 0.25) is 0 Å². The molecule has 1 aromatic rings. The third-order valence-corrected chi connectivity index (χ3v) is 6.69. The van der Waals surface area contributed by atoms with Crippen molar-refractivity contribution in [2.24, 2.45) is 10.8 Å². The summed E-state index contributed by atoms with van der Waals surface area (Å²) in [4.78, 5) is 24.3. The third kappa shape index (κ3) is 6.62. The Kier molecular flexibility index (Phi) is 9.55. The van der Waals surface area contributed by atoms with Crippen LogP contribution >= 0.6 is 0 Å². The lowest BCUT2D eigenvalue weighted by Crippen LogP contribution is -2.44. The highest BCUT2D eigenvalue weighted by Crippen LogP contribution is 2.47. The van der Waals surface area contributed by atoms with Crippen LogP contribution in [0.15, 0.2) is 24.3 Å². The van der Waals surface area contributed by atoms with Crippen LogP contribution in [0.2, 0.25) is 0 Å². The molecule has 6 nitrogen and oxygen atoms in total. The van der Waals surface area contributed by atoms with Crippen molar-refractivity contribution in [3.8, 4) is 0 Å². The fraction of sp³-hybridized carbons (Fsp3) is 0.636. The van der Waals surface area contributed by atoms with Gasteiger partial charge in [0.1, 0.15) is 0 Å². The van der Waals surface area contributed by atoms with E-state index in [2.05, 4.69) is 9.47 Å². The summed E-state index contributed by atoms with van der Waals surface area (Å²) in [6.07, 6.45) is -10.7. The normalized spacial score (nSPS) is 17.9. The molecule has 0 saturated carbocycles. The number of benzene rings is 1. The summed E-state index contributed by atoms with van der Waals surface area (Å²) in [7, 11) is 0. The SMILES string of the molecule is CCC(COC(F)(F)F)(C(=O)O)C(C)c1ccccc1C(C)C(CC)(COC(F)(F)F)C(=O)O. The Labute approximate surface area is 192 Å². The highest BCUT2D eigenvalue weighted by atomic mass is 19.4. The molecule has 1 aromatic carbocycles. The minimum Gasteiger partial charge on any atom is -0.481 e. The van der Waals surface area contributed by atoms with E-state index in [0.717, 1.165) is 0 Å². The summed E-state index contributed by atoms with van der Waals surface area (Å²) >= 11 is 0. The van der Waals surface area contributed by atoms with Crippen LogP contribution in [0.3, 0.4) is 0 Å². The first-order chi connectivity index (χ1) is 15.5. The molecular formula is C22H28F6O6. The lowest BCUT2D eigenvalue weighted by molar-refractivity contribution is -0.334. The number of hydrogen-bond acceptors (Lipinski definition) is 4. The van der Waals surface area contributed by atoms with Crippen LogP contribution in [-0.2, 0) is 19.1 Å². The molecule has 0 saturated heterocycles. The molecule has 0 radical (unpaired) electrons. The number of ether oxygens (including phenoxy) is 2. The Hall–Kier alpha value is -2.34. The van der Waals surface area contributed by atoms with E-state index in [1.807, 2.05) is 0 Å². The first-order valence-corrected chi connectivity index (χ1v) is 10.4. The van der Waals surface area contributed by atoms with Gasteiger partial charge in [-0.1, -0.05) is 52.0 Å². The Morgan fingerprint density at radius 2 is 1.06 bits per heavy atom. The quantitative estimate of drug-likeness (QED) is 0.344. The van der Waals surface area contributed by atoms with E-state index in [0.29, 0.717) is 0 Å². The monoisotopic (exact) mass is 502 g/mol. The molecule has 1 rings (SSSR count). The fourth-order valence-corrected chi connectivity index (χ4v) is 4.18. The zero-order valence-electron chi connectivity index (χ0n) is 19.1. The Bertz CT molecular complexity index is 786. The molecule has 4 unspecified atom stereocenters. The average Bonchev–Trinajstić information content (AvgIpc) is 2.73. The van der Waals surface area contributed by atoms with Gasteiger partial charge in [0.05, 0.1) is 24.0 Å². The van der Waals surface area contributed by atoms with Crippen LogP contribution in [0.1, 0.15) is 63.5 Å². The summed E-state index contributed by atoms with van der Waals surface area (Å²) in [6, 6.07) is 5.81. The van der Waals surface area contributed by atoms with Crippen molar-refractivity contribution < 1.29 is 55.6 Å². The van der Waals surface area contributed by atoms with Crippen molar-refractivity contribution in [3.05, 3.63) is 35.4 Å². The summed E-state index contributed by atoms with van der Waals surface area (Å²) in [5.74, 6) is -5.37. The minimum atomic E-state index is -5.09. The second kappa shape index (κ2) is 10.9. The zero-order valence-corrected chi connectivity index (χ0v) is 19.1. The van der Waals surface area contributed by atoms with Crippen LogP contribution in [0.4, 0.5) is 26.3 Å². The summed E-state index contributed by atoms with van der Waals surface area (Å²) < 4.78 is 84.2. The molecule has 4 atom stereocenters. The smallest absolute Gasteiger partial charge is 0.481 e. The molecule has 0 bridgehead atoms. The average molecular weight is 502 g/mol. The molecule has 12 heteroatoms. The number of carboxylic acids is 2. The predicted octanol–water partition coefficient (Wildman–Crippen LogP) is 5.93. The molecule has 194 valence electrons. The van der Waals surface area contributed by atoms with E-state index in [9.17, 15) is 46.1 Å². The molecule has 0 aromatic heterocycles. The van der Waals surface area contributed by atoms with E-state index in [-0.39, 0.29) is 24.0 Å². The molecule has 0 amide bonds. The molecule has 2 N–H and O–H groups in total. The van der Waals surface area contributed by atoms with E-state index in [1.165, 1.54) is 52.0 Å². The fourth-order valence-electron chi connectivity index (χ4n) is 4.18. The van der Waals surface area contributed by atoms with Crippen LogP contribution in [0.25, 0.3) is 0 Å². The van der Waals surface area contributed by atoms with Crippen LogP contribution in [0, 0.1) is 10.8 Å². The molecule has 0 aliphatic carbocycles. The van der Waals surface area contributed by atoms with Crippen molar-refractivity contribution in [2.75, 3.05) is 13.2 Å². The van der Waals surface area contributed by atoms with Gasteiger partial charge in [0.25, 0.3) is 0 Å². The number of hydrogen-bond donors (Lipinski definition) is 2. The molecule has 34 heavy (non-hydrogen) atoms. The standard InChI is InChI=1S/C22H28F6O6/c1-5-19(17(29)30,11-33-21(23,24)25)13(3)15-9-7-8-10-16(15)14(4)20(6-2,18(31)32)12-34-22(26,27)28/h7-10,13-14H,5-6,11-12H2,1-4H3,(H,29,30)(H,31,32). The Morgan fingerprint density at radius 3 is 1.26 bits per heavy atom. The molecule has 0 heterocycles. The van der Waals surface area contributed by atoms with Crippen molar-refractivity contribution in [2.45, 2.75) is 65.1 Å². The van der Waals surface area contributed by atoms with E-state index in [1.54, 1.807) is 0 Å². The number of carbonyl (C=O) groups is 2. The van der Waals surface area contributed by atoms with Crippen LogP contribution in [-0.4, -0.2) is 48.1 Å². The van der Waals surface area contributed by atoms with Gasteiger partial charge in [-0.15, -0.1) is 26.3 Å². The van der Waals surface area contributed by atoms with Gasteiger partial charge in [-0.3, -0.25) is 19.1 Å². The predicted molar refractivity (Wildman–Crippen MR) is 108 cm³/mol. The summed E-state index contributed by atoms with van der Waals surface area (Å²) in [5.41, 5.74) is -3.72.